The van der Waals surface area contributed by atoms with Gasteiger partial charge in [-0.15, -0.1) is 0 Å². The summed E-state index contributed by atoms with van der Waals surface area (Å²) in [5.41, 5.74) is 2.07. The smallest absolute Gasteiger partial charge is 0.307 e. The lowest BCUT2D eigenvalue weighted by atomic mass is 9.89. The maximum atomic E-state index is 12.7. The van der Waals surface area contributed by atoms with Crippen LogP contribution in [0.3, 0.4) is 0 Å². The van der Waals surface area contributed by atoms with Crippen LogP contribution in [0.15, 0.2) is 41.2 Å². The minimum atomic E-state index is -0.559. The summed E-state index contributed by atoms with van der Waals surface area (Å²) < 4.78 is 1.02. The molecule has 1 aliphatic carbocycles. The number of benzene rings is 2. The Morgan fingerprint density at radius 2 is 1.81 bits per heavy atom. The number of halogens is 2. The van der Waals surface area contributed by atoms with Crippen molar-refractivity contribution >= 4 is 46.0 Å². The van der Waals surface area contributed by atoms with Gasteiger partial charge in [-0.3, -0.25) is 0 Å². The second kappa shape index (κ2) is 9.47. The molecular formula is C23H26Cl2N4O2. The van der Waals surface area contributed by atoms with E-state index in [0.29, 0.717) is 21.7 Å². The molecular weight excluding hydrogens is 435 g/mol. The zero-order valence-electron chi connectivity index (χ0n) is 17.5. The summed E-state index contributed by atoms with van der Waals surface area (Å²) in [7, 11) is 2.16. The lowest BCUT2D eigenvalue weighted by Gasteiger charge is -2.27. The van der Waals surface area contributed by atoms with Crippen LogP contribution in [0.1, 0.15) is 37.7 Å². The predicted octanol–water partition coefficient (Wildman–Crippen LogP) is 5.73. The molecule has 2 aromatic carbocycles. The number of aromatic amines is 1. The summed E-state index contributed by atoms with van der Waals surface area (Å²) in [5, 5.41) is 3.36. The van der Waals surface area contributed by atoms with Crippen molar-refractivity contribution in [2.45, 2.75) is 38.6 Å². The van der Waals surface area contributed by atoms with Crippen molar-refractivity contribution in [3.05, 3.63) is 62.5 Å². The van der Waals surface area contributed by atoms with E-state index in [9.17, 15) is 9.59 Å². The molecule has 0 radical (unpaired) electrons. The number of hydrogen-bond acceptors (Lipinski definition) is 3. The quantitative estimate of drug-likeness (QED) is 0.510. The molecule has 0 spiro atoms. The van der Waals surface area contributed by atoms with Crippen molar-refractivity contribution in [2.75, 3.05) is 18.9 Å². The first-order valence-electron chi connectivity index (χ1n) is 10.6. The number of rotatable bonds is 5. The highest BCUT2D eigenvalue weighted by Crippen LogP contribution is 2.27. The number of fused-ring (bicyclic) bond motifs is 1. The first-order chi connectivity index (χ1) is 14.9. The number of aromatic nitrogens is 2. The second-order valence-electron chi connectivity index (χ2n) is 8.38. The fraction of sp³-hybridized carbons (Fsp3) is 0.391. The molecule has 31 heavy (non-hydrogen) atoms. The minimum Gasteiger partial charge on any atom is -0.307 e. The molecule has 1 aromatic heterocycles. The Balaban J connectivity index is 1.41. The van der Waals surface area contributed by atoms with Crippen LogP contribution in [0.25, 0.3) is 11.0 Å². The van der Waals surface area contributed by atoms with E-state index in [1.165, 1.54) is 49.8 Å². The van der Waals surface area contributed by atoms with Gasteiger partial charge < -0.3 is 15.2 Å². The van der Waals surface area contributed by atoms with E-state index in [0.717, 1.165) is 23.6 Å². The summed E-state index contributed by atoms with van der Waals surface area (Å²) in [6.45, 7) is 1.99. The highest BCUT2D eigenvalue weighted by Gasteiger charge is 2.17. The zero-order valence-corrected chi connectivity index (χ0v) is 19.0. The number of nitrogens with zero attached hydrogens (tertiary/aromatic N) is 2. The van der Waals surface area contributed by atoms with Crippen molar-refractivity contribution in [3.63, 3.8) is 0 Å². The lowest BCUT2D eigenvalue weighted by Crippen LogP contribution is -2.29. The highest BCUT2D eigenvalue weighted by molar-refractivity contribution is 6.42. The summed E-state index contributed by atoms with van der Waals surface area (Å²) >= 11 is 12.1. The van der Waals surface area contributed by atoms with Crippen LogP contribution in [0.2, 0.25) is 10.0 Å². The molecule has 0 unspecified atom stereocenters. The van der Waals surface area contributed by atoms with Gasteiger partial charge in [-0.25, -0.2) is 14.2 Å². The van der Waals surface area contributed by atoms with Gasteiger partial charge in [-0.05, 0) is 55.6 Å². The Morgan fingerprint density at radius 1 is 1.13 bits per heavy atom. The standard InChI is InChI=1S/C23H26Cl2N4O2/c1-28(13-15-5-3-2-4-6-15)14-16-7-9-17(10-8-16)26-22(30)29-21-12-19(25)18(24)11-20(21)27-23(29)31/h7-12,15H,2-6,13-14H2,1H3,(H,26,30)(H,27,31). The maximum Gasteiger partial charge on any atom is 0.334 e. The maximum absolute atomic E-state index is 12.7. The number of carbonyl (C=O) groups excluding carboxylic acids is 1. The highest BCUT2D eigenvalue weighted by atomic mass is 35.5. The summed E-state index contributed by atoms with van der Waals surface area (Å²) in [4.78, 5) is 30.0. The van der Waals surface area contributed by atoms with E-state index in [-0.39, 0.29) is 5.02 Å². The third-order valence-corrected chi connectivity index (χ3v) is 6.60. The molecule has 1 fully saturated rings. The summed E-state index contributed by atoms with van der Waals surface area (Å²) in [6.07, 6.45) is 6.75. The van der Waals surface area contributed by atoms with Gasteiger partial charge in [0.05, 0.1) is 21.1 Å². The van der Waals surface area contributed by atoms with Crippen molar-refractivity contribution in [1.82, 2.24) is 14.5 Å². The number of nitrogens with one attached hydrogen (secondary N) is 2. The molecule has 6 nitrogen and oxygen atoms in total. The van der Waals surface area contributed by atoms with Crippen molar-refractivity contribution in [1.29, 1.82) is 0 Å². The second-order valence-corrected chi connectivity index (χ2v) is 9.19. The zero-order chi connectivity index (χ0) is 22.0. The molecule has 1 saturated carbocycles. The molecule has 1 aliphatic rings. The Bertz CT molecular complexity index is 1130. The van der Waals surface area contributed by atoms with E-state index in [4.69, 9.17) is 23.2 Å². The molecule has 164 valence electrons. The number of imidazole rings is 1. The summed E-state index contributed by atoms with van der Waals surface area (Å²) in [6, 6.07) is 10.2. The van der Waals surface area contributed by atoms with Crippen LogP contribution in [-0.2, 0) is 6.54 Å². The Labute approximate surface area is 191 Å². The average molecular weight is 461 g/mol. The van der Waals surface area contributed by atoms with Gasteiger partial charge in [0.25, 0.3) is 0 Å². The van der Waals surface area contributed by atoms with E-state index >= 15 is 0 Å². The van der Waals surface area contributed by atoms with Gasteiger partial charge in [0, 0.05) is 18.8 Å². The lowest BCUT2D eigenvalue weighted by molar-refractivity contribution is 0.228. The number of carbonyl (C=O) groups is 1. The summed E-state index contributed by atoms with van der Waals surface area (Å²) in [5.74, 6) is 0.801. The van der Waals surface area contributed by atoms with Gasteiger partial charge >= 0.3 is 11.7 Å². The fourth-order valence-electron chi connectivity index (χ4n) is 4.36. The third kappa shape index (κ3) is 5.14. The number of hydrogen-bond donors (Lipinski definition) is 2. The molecule has 1 heterocycles. The average Bonchev–Trinajstić information content (AvgIpc) is 3.05. The van der Waals surface area contributed by atoms with E-state index < -0.39 is 11.7 Å². The first kappa shape index (κ1) is 21.9. The van der Waals surface area contributed by atoms with Gasteiger partial charge in [-0.1, -0.05) is 54.6 Å². The molecule has 1 amide bonds. The van der Waals surface area contributed by atoms with Crippen LogP contribution in [0.4, 0.5) is 10.5 Å². The van der Waals surface area contributed by atoms with Crippen LogP contribution in [-0.4, -0.2) is 34.1 Å². The van der Waals surface area contributed by atoms with E-state index in [2.05, 4.69) is 22.2 Å². The third-order valence-electron chi connectivity index (χ3n) is 5.88. The van der Waals surface area contributed by atoms with Crippen molar-refractivity contribution in [3.8, 4) is 0 Å². The molecule has 0 bridgehead atoms. The number of amides is 1. The molecule has 4 rings (SSSR count). The molecule has 2 N–H and O–H groups in total. The van der Waals surface area contributed by atoms with E-state index in [1.54, 1.807) is 0 Å². The van der Waals surface area contributed by atoms with Crippen LogP contribution in [0, 0.1) is 5.92 Å². The topological polar surface area (TPSA) is 70.1 Å². The van der Waals surface area contributed by atoms with Crippen LogP contribution >= 0.6 is 23.2 Å². The van der Waals surface area contributed by atoms with Crippen molar-refractivity contribution < 1.29 is 4.79 Å². The monoisotopic (exact) mass is 460 g/mol. The molecule has 8 heteroatoms. The minimum absolute atomic E-state index is 0.274. The number of anilines is 1. The van der Waals surface area contributed by atoms with Gasteiger partial charge in [-0.2, -0.15) is 0 Å². The van der Waals surface area contributed by atoms with Crippen LogP contribution in [0.5, 0.6) is 0 Å². The fourth-order valence-corrected chi connectivity index (χ4v) is 4.68. The molecule has 0 aliphatic heterocycles. The van der Waals surface area contributed by atoms with Crippen molar-refractivity contribution in [2.24, 2.45) is 5.92 Å². The van der Waals surface area contributed by atoms with E-state index in [1.807, 2.05) is 24.3 Å². The first-order valence-corrected chi connectivity index (χ1v) is 11.3. The Hall–Kier alpha value is -2.28. The SMILES string of the molecule is CN(Cc1ccc(NC(=O)n2c(=O)[nH]c3cc(Cl)c(Cl)cc32)cc1)CC1CCCCC1. The molecule has 3 aromatic rings. The number of H-pyrrole nitrogens is 1. The molecule has 0 saturated heterocycles. The van der Waals surface area contributed by atoms with Gasteiger partial charge in [0.2, 0.25) is 0 Å². The predicted molar refractivity (Wildman–Crippen MR) is 126 cm³/mol. The normalized spacial score (nSPS) is 15.0. The Kier molecular flexibility index (Phi) is 6.70. The largest absolute Gasteiger partial charge is 0.334 e. The Morgan fingerprint density at radius 3 is 2.52 bits per heavy atom. The van der Waals surface area contributed by atoms with Gasteiger partial charge in [0.1, 0.15) is 0 Å². The van der Waals surface area contributed by atoms with Gasteiger partial charge in [0.15, 0.2) is 0 Å². The molecule has 0 atom stereocenters. The van der Waals surface area contributed by atoms with Crippen LogP contribution < -0.4 is 11.0 Å².